The number of halogens is 1. The number of amides is 1. The summed E-state index contributed by atoms with van der Waals surface area (Å²) in [5, 5.41) is 15.4. The van der Waals surface area contributed by atoms with Crippen molar-refractivity contribution in [1.29, 1.82) is 0 Å². The van der Waals surface area contributed by atoms with Gasteiger partial charge in [-0.15, -0.1) is 0 Å². The molecule has 1 amide bonds. The molecule has 0 aliphatic heterocycles. The molecule has 0 spiro atoms. The highest BCUT2D eigenvalue weighted by molar-refractivity contribution is 6.42. The molecule has 7 heteroatoms. The van der Waals surface area contributed by atoms with Gasteiger partial charge in [0.1, 0.15) is 5.82 Å². The van der Waals surface area contributed by atoms with Crippen molar-refractivity contribution < 1.29 is 19.1 Å². The maximum absolute atomic E-state index is 13.2. The number of ketones is 1. The lowest BCUT2D eigenvalue weighted by Gasteiger charge is -2.06. The first-order chi connectivity index (χ1) is 10.5. The normalized spacial score (nSPS) is 10.5. The Morgan fingerprint density at radius 2 is 2.18 bits per heavy atom. The molecule has 0 radical (unpaired) electrons. The van der Waals surface area contributed by atoms with Crippen LogP contribution in [0, 0.1) is 5.82 Å². The molecule has 2 N–H and O–H groups in total. The first-order valence-corrected chi connectivity index (χ1v) is 6.78. The van der Waals surface area contributed by atoms with Crippen LogP contribution in [0.15, 0.2) is 30.6 Å². The highest BCUT2D eigenvalue weighted by Gasteiger charge is 2.17. The predicted molar refractivity (Wildman–Crippen MR) is 76.4 cm³/mol. The van der Waals surface area contributed by atoms with Gasteiger partial charge in [-0.05, 0) is 24.6 Å². The average Bonchev–Trinajstić information content (AvgIpc) is 3.02. The second-order valence-electron chi connectivity index (χ2n) is 4.68. The van der Waals surface area contributed by atoms with Crippen LogP contribution < -0.4 is 5.32 Å². The van der Waals surface area contributed by atoms with E-state index < -0.39 is 24.1 Å². The molecule has 2 aromatic rings. The van der Waals surface area contributed by atoms with Crippen LogP contribution in [0.3, 0.4) is 0 Å². The number of aliphatic hydroxyl groups excluding tert-OH is 1. The lowest BCUT2D eigenvalue weighted by atomic mass is 10.1. The third kappa shape index (κ3) is 3.56. The van der Waals surface area contributed by atoms with Crippen LogP contribution in [0.5, 0.6) is 0 Å². The minimum Gasteiger partial charge on any atom is -0.392 e. The van der Waals surface area contributed by atoms with Crippen molar-refractivity contribution in [3.05, 3.63) is 53.1 Å². The SMILES string of the molecule is CCn1cc(C(=O)C(=O)NCc2ccc(F)c(CO)c2)cn1. The van der Waals surface area contributed by atoms with E-state index in [1.807, 2.05) is 6.92 Å². The molecule has 22 heavy (non-hydrogen) atoms. The Bertz CT molecular complexity index is 697. The number of carbonyl (C=O) groups excluding carboxylic acids is 2. The van der Waals surface area contributed by atoms with Crippen molar-refractivity contribution in [2.24, 2.45) is 0 Å². The van der Waals surface area contributed by atoms with Gasteiger partial charge in [-0.2, -0.15) is 5.10 Å². The maximum atomic E-state index is 13.2. The van der Waals surface area contributed by atoms with Gasteiger partial charge in [0.15, 0.2) is 0 Å². The summed E-state index contributed by atoms with van der Waals surface area (Å²) in [6, 6.07) is 4.13. The molecule has 2 rings (SSSR count). The molecule has 6 nitrogen and oxygen atoms in total. The maximum Gasteiger partial charge on any atom is 0.292 e. The number of carbonyl (C=O) groups is 2. The zero-order valence-corrected chi connectivity index (χ0v) is 12.0. The molecule has 1 aromatic carbocycles. The van der Waals surface area contributed by atoms with Crippen molar-refractivity contribution in [3.63, 3.8) is 0 Å². The van der Waals surface area contributed by atoms with Crippen molar-refractivity contribution in [2.75, 3.05) is 0 Å². The molecular weight excluding hydrogens is 289 g/mol. The molecule has 0 bridgehead atoms. The number of Topliss-reactive ketones (excluding diaryl/α,β-unsaturated/α-hetero) is 1. The third-order valence-electron chi connectivity index (χ3n) is 3.16. The molecule has 0 unspecified atom stereocenters. The Morgan fingerprint density at radius 3 is 2.82 bits per heavy atom. The topological polar surface area (TPSA) is 84.2 Å². The van der Waals surface area contributed by atoms with Gasteiger partial charge in [-0.3, -0.25) is 14.3 Å². The first kappa shape index (κ1) is 15.8. The highest BCUT2D eigenvalue weighted by Crippen LogP contribution is 2.10. The lowest BCUT2D eigenvalue weighted by Crippen LogP contribution is -2.30. The number of aryl methyl sites for hydroxylation is 1. The van der Waals surface area contributed by atoms with E-state index in [1.54, 1.807) is 4.68 Å². The van der Waals surface area contributed by atoms with E-state index in [-0.39, 0.29) is 17.7 Å². The Hall–Kier alpha value is -2.54. The fourth-order valence-electron chi connectivity index (χ4n) is 1.91. The molecule has 1 heterocycles. The van der Waals surface area contributed by atoms with Crippen molar-refractivity contribution >= 4 is 11.7 Å². The monoisotopic (exact) mass is 305 g/mol. The van der Waals surface area contributed by atoms with E-state index in [0.29, 0.717) is 12.1 Å². The van der Waals surface area contributed by atoms with Crippen LogP contribution in [0.4, 0.5) is 4.39 Å². The summed E-state index contributed by atoms with van der Waals surface area (Å²) in [4.78, 5) is 23.7. The van der Waals surface area contributed by atoms with Gasteiger partial charge < -0.3 is 10.4 Å². The van der Waals surface area contributed by atoms with Crippen LogP contribution in [0.25, 0.3) is 0 Å². The molecule has 0 aliphatic rings. The van der Waals surface area contributed by atoms with E-state index in [1.165, 1.54) is 30.6 Å². The molecule has 116 valence electrons. The quantitative estimate of drug-likeness (QED) is 0.617. The Morgan fingerprint density at radius 1 is 1.41 bits per heavy atom. The number of nitrogens with one attached hydrogen (secondary N) is 1. The molecule has 0 fully saturated rings. The summed E-state index contributed by atoms with van der Waals surface area (Å²) < 4.78 is 14.8. The number of aromatic nitrogens is 2. The van der Waals surface area contributed by atoms with Gasteiger partial charge in [0, 0.05) is 24.8 Å². The molecule has 0 aliphatic carbocycles. The van der Waals surface area contributed by atoms with Gasteiger partial charge in [-0.25, -0.2) is 4.39 Å². The van der Waals surface area contributed by atoms with Crippen LogP contribution in [0.1, 0.15) is 28.4 Å². The number of rotatable bonds is 6. The minimum absolute atomic E-state index is 0.0692. The van der Waals surface area contributed by atoms with Crippen LogP contribution >= 0.6 is 0 Å². The summed E-state index contributed by atoms with van der Waals surface area (Å²) >= 11 is 0. The third-order valence-corrected chi connectivity index (χ3v) is 3.16. The average molecular weight is 305 g/mol. The van der Waals surface area contributed by atoms with Crippen LogP contribution in [0.2, 0.25) is 0 Å². The zero-order chi connectivity index (χ0) is 16.1. The summed E-state index contributed by atoms with van der Waals surface area (Å²) in [5.41, 5.74) is 0.952. The van der Waals surface area contributed by atoms with Gasteiger partial charge >= 0.3 is 0 Å². The van der Waals surface area contributed by atoms with E-state index in [9.17, 15) is 14.0 Å². The number of hydrogen-bond donors (Lipinski definition) is 2. The largest absolute Gasteiger partial charge is 0.392 e. The molecule has 1 aromatic heterocycles. The van der Waals surface area contributed by atoms with Crippen molar-refractivity contribution in [3.8, 4) is 0 Å². The molecular formula is C15H16FN3O3. The summed E-state index contributed by atoms with van der Waals surface area (Å²) in [5.74, 6) is -1.95. The van der Waals surface area contributed by atoms with Gasteiger partial charge in [-0.1, -0.05) is 6.07 Å². The van der Waals surface area contributed by atoms with Gasteiger partial charge in [0.2, 0.25) is 0 Å². The number of aliphatic hydroxyl groups is 1. The first-order valence-electron chi connectivity index (χ1n) is 6.78. The van der Waals surface area contributed by atoms with Crippen LogP contribution in [-0.2, 0) is 24.5 Å². The molecule has 0 atom stereocenters. The Labute approximate surface area is 126 Å². The second-order valence-corrected chi connectivity index (χ2v) is 4.68. The smallest absolute Gasteiger partial charge is 0.292 e. The number of hydrogen-bond acceptors (Lipinski definition) is 4. The number of benzene rings is 1. The minimum atomic E-state index is -0.759. The Kier molecular flexibility index (Phi) is 5.00. The van der Waals surface area contributed by atoms with Gasteiger partial charge in [0.25, 0.3) is 11.7 Å². The van der Waals surface area contributed by atoms with Crippen molar-refractivity contribution in [2.45, 2.75) is 26.6 Å². The summed E-state index contributed by atoms with van der Waals surface area (Å²) in [6.45, 7) is 2.12. The second kappa shape index (κ2) is 6.95. The lowest BCUT2D eigenvalue weighted by molar-refractivity contribution is -0.117. The van der Waals surface area contributed by atoms with E-state index >= 15 is 0 Å². The molecule has 0 saturated heterocycles. The number of nitrogens with zero attached hydrogens (tertiary/aromatic N) is 2. The fourth-order valence-corrected chi connectivity index (χ4v) is 1.91. The van der Waals surface area contributed by atoms with Gasteiger partial charge in [0.05, 0.1) is 18.4 Å². The predicted octanol–water partition coefficient (Wildman–Crippen LogP) is 1.03. The molecule has 0 saturated carbocycles. The fraction of sp³-hybridized carbons (Fsp3) is 0.267. The zero-order valence-electron chi connectivity index (χ0n) is 12.0. The van der Waals surface area contributed by atoms with Crippen molar-refractivity contribution in [1.82, 2.24) is 15.1 Å². The summed E-state index contributed by atoms with van der Waals surface area (Å²) in [6.07, 6.45) is 2.84. The highest BCUT2D eigenvalue weighted by atomic mass is 19.1. The van der Waals surface area contributed by atoms with E-state index in [0.717, 1.165) is 0 Å². The summed E-state index contributed by atoms with van der Waals surface area (Å²) in [7, 11) is 0. The Balaban J connectivity index is 1.99. The van der Waals surface area contributed by atoms with Crippen LogP contribution in [-0.4, -0.2) is 26.6 Å². The standard InChI is InChI=1S/C15H16FN3O3/c1-2-19-8-12(7-18-19)14(21)15(22)17-6-10-3-4-13(16)11(5-10)9-20/h3-5,7-8,20H,2,6,9H2,1H3,(H,17,22). The van der Waals surface area contributed by atoms with E-state index in [2.05, 4.69) is 10.4 Å². The van der Waals surface area contributed by atoms with E-state index in [4.69, 9.17) is 5.11 Å².